The van der Waals surface area contributed by atoms with Crippen LogP contribution < -0.4 is 0 Å². The van der Waals surface area contributed by atoms with Crippen LogP contribution in [0.15, 0.2) is 17.5 Å². The average molecular weight is 295 g/mol. The Hall–Kier alpha value is -1.36. The van der Waals surface area contributed by atoms with E-state index in [9.17, 15) is 9.59 Å². The summed E-state index contributed by atoms with van der Waals surface area (Å²) in [5.41, 5.74) is -0.490. The molecule has 1 fully saturated rings. The molecule has 5 heteroatoms. The number of thiophene rings is 1. The lowest BCUT2D eigenvalue weighted by molar-refractivity contribution is -0.121. The molecule has 4 nitrogen and oxygen atoms in total. The molecule has 110 valence electrons. The van der Waals surface area contributed by atoms with Crippen molar-refractivity contribution in [2.45, 2.75) is 39.2 Å². The molecule has 20 heavy (non-hydrogen) atoms. The van der Waals surface area contributed by atoms with E-state index in [0.717, 1.165) is 11.3 Å². The van der Waals surface area contributed by atoms with E-state index >= 15 is 0 Å². The van der Waals surface area contributed by atoms with E-state index in [1.165, 1.54) is 0 Å². The van der Waals surface area contributed by atoms with Gasteiger partial charge in [0, 0.05) is 30.3 Å². The fraction of sp³-hybridized carbons (Fsp3) is 0.600. The summed E-state index contributed by atoms with van der Waals surface area (Å²) in [5.74, 6) is 0.170. The minimum absolute atomic E-state index is 0.0513. The van der Waals surface area contributed by atoms with Crippen LogP contribution in [0.5, 0.6) is 0 Å². The van der Waals surface area contributed by atoms with E-state index in [2.05, 4.69) is 0 Å². The zero-order chi connectivity index (χ0) is 14.8. The predicted molar refractivity (Wildman–Crippen MR) is 78.9 cm³/mol. The zero-order valence-electron chi connectivity index (χ0n) is 12.2. The van der Waals surface area contributed by atoms with Crippen molar-refractivity contribution in [2.24, 2.45) is 5.92 Å². The van der Waals surface area contributed by atoms with Gasteiger partial charge in [-0.3, -0.25) is 4.79 Å². The van der Waals surface area contributed by atoms with Crippen LogP contribution in [0.3, 0.4) is 0 Å². The molecule has 0 aliphatic carbocycles. The van der Waals surface area contributed by atoms with Gasteiger partial charge in [-0.1, -0.05) is 6.07 Å². The minimum atomic E-state index is -0.490. The Bertz CT molecular complexity index is 476. The smallest absolute Gasteiger partial charge is 0.410 e. The highest BCUT2D eigenvalue weighted by molar-refractivity contribution is 7.10. The fourth-order valence-electron chi connectivity index (χ4n) is 2.24. The van der Waals surface area contributed by atoms with Gasteiger partial charge in [0.05, 0.1) is 0 Å². The molecule has 2 rings (SSSR count). The highest BCUT2D eigenvalue weighted by Crippen LogP contribution is 2.22. The molecule has 0 bridgehead atoms. The molecular weight excluding hydrogens is 274 g/mol. The number of rotatable bonds is 3. The molecule has 0 spiro atoms. The molecule has 1 aromatic rings. The van der Waals surface area contributed by atoms with E-state index in [1.54, 1.807) is 16.2 Å². The number of ether oxygens (including phenoxy) is 1. The first kappa shape index (κ1) is 15.0. The van der Waals surface area contributed by atoms with E-state index in [0.29, 0.717) is 19.5 Å². The van der Waals surface area contributed by atoms with E-state index in [1.807, 2.05) is 38.3 Å². The van der Waals surface area contributed by atoms with Crippen molar-refractivity contribution in [1.29, 1.82) is 0 Å². The number of hydrogen-bond acceptors (Lipinski definition) is 4. The number of nitrogens with zero attached hydrogens (tertiary/aromatic N) is 1. The van der Waals surface area contributed by atoms with Crippen molar-refractivity contribution in [1.82, 2.24) is 4.90 Å². The first-order valence-corrected chi connectivity index (χ1v) is 7.76. The summed E-state index contributed by atoms with van der Waals surface area (Å²) in [7, 11) is 0. The molecule has 1 aliphatic rings. The topological polar surface area (TPSA) is 46.6 Å². The maximum Gasteiger partial charge on any atom is 0.410 e. The minimum Gasteiger partial charge on any atom is -0.444 e. The van der Waals surface area contributed by atoms with Gasteiger partial charge < -0.3 is 9.64 Å². The Morgan fingerprint density at radius 1 is 1.45 bits per heavy atom. The first-order chi connectivity index (χ1) is 9.35. The lowest BCUT2D eigenvalue weighted by Gasteiger charge is -2.24. The molecule has 0 aromatic carbocycles. The summed E-state index contributed by atoms with van der Waals surface area (Å²) in [6.07, 6.45) is 0.900. The van der Waals surface area contributed by atoms with Gasteiger partial charge in [-0.2, -0.15) is 0 Å². The van der Waals surface area contributed by atoms with Crippen LogP contribution in [0.4, 0.5) is 4.79 Å². The fourth-order valence-corrected chi connectivity index (χ4v) is 2.96. The van der Waals surface area contributed by atoms with Crippen molar-refractivity contribution in [3.05, 3.63) is 22.4 Å². The van der Waals surface area contributed by atoms with Gasteiger partial charge >= 0.3 is 6.09 Å². The summed E-state index contributed by atoms with van der Waals surface area (Å²) in [6, 6.07) is 3.93. The number of ketones is 1. The highest BCUT2D eigenvalue weighted by Gasteiger charge is 2.33. The molecule has 0 radical (unpaired) electrons. The number of amides is 1. The van der Waals surface area contributed by atoms with Crippen LogP contribution in [0.25, 0.3) is 0 Å². The molecular formula is C15H21NO3S. The molecule has 1 aliphatic heterocycles. The number of likely N-dealkylation sites (tertiary alicyclic amines) is 1. The Kier molecular flexibility index (Phi) is 4.48. The standard InChI is InChI=1S/C15H21NO3S/c1-15(2,3)19-14(18)16-7-6-11(10-16)13(17)9-12-5-4-8-20-12/h4-5,8,11H,6-7,9-10H2,1-3H3. The summed E-state index contributed by atoms with van der Waals surface area (Å²) < 4.78 is 5.33. The van der Waals surface area contributed by atoms with Crippen LogP contribution in [0, 0.1) is 5.92 Å². The van der Waals surface area contributed by atoms with Gasteiger partial charge in [-0.15, -0.1) is 11.3 Å². The summed E-state index contributed by atoms with van der Waals surface area (Å²) >= 11 is 1.60. The highest BCUT2D eigenvalue weighted by atomic mass is 32.1. The van der Waals surface area contributed by atoms with E-state index in [-0.39, 0.29) is 17.8 Å². The summed E-state index contributed by atoms with van der Waals surface area (Å²) in [6.45, 7) is 6.63. The van der Waals surface area contributed by atoms with Gasteiger partial charge in [-0.05, 0) is 38.6 Å². The van der Waals surface area contributed by atoms with Crippen LogP contribution >= 0.6 is 11.3 Å². The number of Topliss-reactive ketones (excluding diaryl/α,β-unsaturated/α-hetero) is 1. The van der Waals surface area contributed by atoms with Gasteiger partial charge in [0.15, 0.2) is 0 Å². The Balaban J connectivity index is 1.85. The first-order valence-electron chi connectivity index (χ1n) is 6.88. The molecule has 2 heterocycles. The van der Waals surface area contributed by atoms with Crippen molar-refractivity contribution >= 4 is 23.2 Å². The van der Waals surface area contributed by atoms with E-state index < -0.39 is 5.60 Å². The van der Waals surface area contributed by atoms with E-state index in [4.69, 9.17) is 4.74 Å². The van der Waals surface area contributed by atoms with Crippen LogP contribution in [0.1, 0.15) is 32.1 Å². The maximum atomic E-state index is 12.2. The maximum absolute atomic E-state index is 12.2. The zero-order valence-corrected chi connectivity index (χ0v) is 13.0. The number of hydrogen-bond donors (Lipinski definition) is 0. The molecule has 0 N–H and O–H groups in total. The van der Waals surface area contributed by atoms with Crippen LogP contribution in [-0.2, 0) is 16.0 Å². The van der Waals surface area contributed by atoms with Crippen molar-refractivity contribution < 1.29 is 14.3 Å². The Morgan fingerprint density at radius 2 is 2.20 bits per heavy atom. The monoisotopic (exact) mass is 295 g/mol. The second kappa shape index (κ2) is 5.95. The van der Waals surface area contributed by atoms with Gasteiger partial charge in [0.25, 0.3) is 0 Å². The Labute approximate surface area is 123 Å². The summed E-state index contributed by atoms with van der Waals surface area (Å²) in [5, 5.41) is 1.98. The van der Waals surface area contributed by atoms with Gasteiger partial charge in [0.2, 0.25) is 0 Å². The van der Waals surface area contributed by atoms with Crippen LogP contribution in [-0.4, -0.2) is 35.5 Å². The Morgan fingerprint density at radius 3 is 2.80 bits per heavy atom. The van der Waals surface area contributed by atoms with Gasteiger partial charge in [0.1, 0.15) is 11.4 Å². The average Bonchev–Trinajstić information content (AvgIpc) is 2.96. The third-order valence-corrected chi connectivity index (χ3v) is 4.10. The molecule has 1 atom stereocenters. The largest absolute Gasteiger partial charge is 0.444 e. The predicted octanol–water partition coefficient (Wildman–Crippen LogP) is 3.12. The van der Waals surface area contributed by atoms with Crippen LogP contribution in [0.2, 0.25) is 0 Å². The molecule has 1 unspecified atom stereocenters. The molecule has 1 amide bonds. The van der Waals surface area contributed by atoms with Crippen molar-refractivity contribution in [3.63, 3.8) is 0 Å². The third kappa shape index (κ3) is 4.07. The van der Waals surface area contributed by atoms with Gasteiger partial charge in [-0.25, -0.2) is 4.79 Å². The SMILES string of the molecule is CC(C)(C)OC(=O)N1CCC(C(=O)Cc2cccs2)C1. The second-order valence-corrected chi connectivity index (χ2v) is 7.17. The molecule has 1 aromatic heterocycles. The lowest BCUT2D eigenvalue weighted by atomic mass is 10.0. The third-order valence-electron chi connectivity index (χ3n) is 3.22. The van der Waals surface area contributed by atoms with Crippen molar-refractivity contribution in [2.75, 3.05) is 13.1 Å². The quantitative estimate of drug-likeness (QED) is 0.860. The summed E-state index contributed by atoms with van der Waals surface area (Å²) in [4.78, 5) is 26.9. The van der Waals surface area contributed by atoms with Crippen molar-refractivity contribution in [3.8, 4) is 0 Å². The normalized spacial score (nSPS) is 19.1. The second-order valence-electron chi connectivity index (χ2n) is 6.13. The molecule has 0 saturated carbocycles. The lowest BCUT2D eigenvalue weighted by Crippen LogP contribution is -2.36. The number of carbonyl (C=O) groups is 2. The molecule has 1 saturated heterocycles. The number of carbonyl (C=O) groups excluding carboxylic acids is 2.